The lowest BCUT2D eigenvalue weighted by Gasteiger charge is -2.49. The maximum Gasteiger partial charge on any atom is 0.0224 e. The molecular weight excluding hydrogens is 244 g/mol. The fraction of sp³-hybridized carbons (Fsp3) is 1.00. The third-order valence-corrected chi connectivity index (χ3v) is 6.22. The summed E-state index contributed by atoms with van der Waals surface area (Å²) in [4.78, 5) is 2.95. The second-order valence-corrected chi connectivity index (χ2v) is 7.87. The SMILES string of the molecule is CCC1CNC(C2CC2)CN1C1CCCCC1C(C)C. The summed E-state index contributed by atoms with van der Waals surface area (Å²) in [5, 5.41) is 3.85. The van der Waals surface area contributed by atoms with Crippen LogP contribution in [-0.4, -0.2) is 36.1 Å². The van der Waals surface area contributed by atoms with Crippen LogP contribution in [0.1, 0.15) is 65.7 Å². The number of piperazine rings is 1. The highest BCUT2D eigenvalue weighted by molar-refractivity contribution is 4.98. The third kappa shape index (κ3) is 3.06. The van der Waals surface area contributed by atoms with Crippen molar-refractivity contribution in [3.63, 3.8) is 0 Å². The molecule has 4 unspecified atom stereocenters. The zero-order valence-corrected chi connectivity index (χ0v) is 13.8. The first kappa shape index (κ1) is 14.8. The standard InChI is InChI=1S/C18H34N2/c1-4-15-11-19-17(14-9-10-14)12-20(15)18-8-6-5-7-16(18)13(2)3/h13-19H,4-12H2,1-3H3. The van der Waals surface area contributed by atoms with Crippen molar-refractivity contribution in [1.82, 2.24) is 10.2 Å². The number of nitrogens with zero attached hydrogens (tertiary/aromatic N) is 1. The molecule has 116 valence electrons. The van der Waals surface area contributed by atoms with E-state index in [-0.39, 0.29) is 0 Å². The highest BCUT2D eigenvalue weighted by Crippen LogP contribution is 2.39. The average molecular weight is 278 g/mol. The molecule has 0 spiro atoms. The highest BCUT2D eigenvalue weighted by Gasteiger charge is 2.41. The van der Waals surface area contributed by atoms with Crippen LogP contribution < -0.4 is 5.32 Å². The van der Waals surface area contributed by atoms with Crippen molar-refractivity contribution in [1.29, 1.82) is 0 Å². The van der Waals surface area contributed by atoms with Gasteiger partial charge < -0.3 is 5.32 Å². The van der Waals surface area contributed by atoms with Gasteiger partial charge in [-0.2, -0.15) is 0 Å². The molecule has 1 N–H and O–H groups in total. The van der Waals surface area contributed by atoms with Crippen molar-refractivity contribution >= 4 is 0 Å². The van der Waals surface area contributed by atoms with E-state index >= 15 is 0 Å². The number of hydrogen-bond acceptors (Lipinski definition) is 2. The molecule has 0 bridgehead atoms. The summed E-state index contributed by atoms with van der Waals surface area (Å²) in [6.45, 7) is 9.84. The van der Waals surface area contributed by atoms with Crippen LogP contribution in [0.2, 0.25) is 0 Å². The molecule has 2 nitrogen and oxygen atoms in total. The number of hydrogen-bond donors (Lipinski definition) is 1. The first-order chi connectivity index (χ1) is 9.70. The predicted molar refractivity (Wildman–Crippen MR) is 85.9 cm³/mol. The van der Waals surface area contributed by atoms with Gasteiger partial charge in [0.2, 0.25) is 0 Å². The van der Waals surface area contributed by atoms with Crippen molar-refractivity contribution in [2.75, 3.05) is 13.1 Å². The van der Waals surface area contributed by atoms with E-state index in [4.69, 9.17) is 0 Å². The van der Waals surface area contributed by atoms with E-state index in [0.29, 0.717) is 0 Å². The number of nitrogens with one attached hydrogen (secondary N) is 1. The van der Waals surface area contributed by atoms with Crippen LogP contribution in [0, 0.1) is 17.8 Å². The average Bonchev–Trinajstić information content (AvgIpc) is 3.31. The minimum Gasteiger partial charge on any atom is -0.311 e. The molecule has 1 heterocycles. The van der Waals surface area contributed by atoms with Gasteiger partial charge in [0.1, 0.15) is 0 Å². The first-order valence-corrected chi connectivity index (χ1v) is 9.19. The van der Waals surface area contributed by atoms with E-state index < -0.39 is 0 Å². The minimum absolute atomic E-state index is 0.786. The predicted octanol–water partition coefficient (Wildman–Crippen LogP) is 3.66. The molecule has 4 atom stereocenters. The summed E-state index contributed by atoms with van der Waals surface area (Å²) in [5.74, 6) is 2.79. The summed E-state index contributed by atoms with van der Waals surface area (Å²) in [7, 11) is 0. The molecule has 3 fully saturated rings. The van der Waals surface area contributed by atoms with Crippen LogP contribution in [0.3, 0.4) is 0 Å². The Morgan fingerprint density at radius 1 is 1.10 bits per heavy atom. The molecule has 3 aliphatic rings. The van der Waals surface area contributed by atoms with Crippen LogP contribution in [0.5, 0.6) is 0 Å². The van der Waals surface area contributed by atoms with Gasteiger partial charge in [0.25, 0.3) is 0 Å². The molecule has 2 heteroatoms. The molecule has 1 saturated heterocycles. The Labute approximate surface area is 125 Å². The molecule has 2 aliphatic carbocycles. The first-order valence-electron chi connectivity index (χ1n) is 9.19. The molecule has 20 heavy (non-hydrogen) atoms. The van der Waals surface area contributed by atoms with Gasteiger partial charge in [0.05, 0.1) is 0 Å². The van der Waals surface area contributed by atoms with Gasteiger partial charge in [-0.15, -0.1) is 0 Å². The Balaban J connectivity index is 1.72. The third-order valence-electron chi connectivity index (χ3n) is 6.22. The monoisotopic (exact) mass is 278 g/mol. The summed E-state index contributed by atoms with van der Waals surface area (Å²) in [6, 6.07) is 2.46. The Bertz CT molecular complexity index is 311. The Hall–Kier alpha value is -0.0800. The summed E-state index contributed by atoms with van der Waals surface area (Å²) in [5.41, 5.74) is 0. The van der Waals surface area contributed by atoms with Gasteiger partial charge in [-0.1, -0.05) is 33.6 Å². The molecule has 0 aromatic heterocycles. The molecule has 1 aliphatic heterocycles. The van der Waals surface area contributed by atoms with E-state index in [9.17, 15) is 0 Å². The molecular formula is C18H34N2. The lowest BCUT2D eigenvalue weighted by atomic mass is 9.76. The van der Waals surface area contributed by atoms with Crippen LogP contribution in [0.15, 0.2) is 0 Å². The van der Waals surface area contributed by atoms with E-state index in [1.807, 2.05) is 0 Å². The van der Waals surface area contributed by atoms with E-state index in [1.54, 1.807) is 0 Å². The van der Waals surface area contributed by atoms with Crippen molar-refractivity contribution in [2.45, 2.75) is 83.8 Å². The Morgan fingerprint density at radius 3 is 2.50 bits per heavy atom. The van der Waals surface area contributed by atoms with E-state index in [1.165, 1.54) is 58.0 Å². The fourth-order valence-electron chi connectivity index (χ4n) is 4.77. The van der Waals surface area contributed by atoms with Gasteiger partial charge in [0, 0.05) is 31.2 Å². The second kappa shape index (κ2) is 6.36. The molecule has 0 aromatic carbocycles. The lowest BCUT2D eigenvalue weighted by molar-refractivity contribution is 0.0118. The smallest absolute Gasteiger partial charge is 0.0224 e. The molecule has 0 amide bonds. The fourth-order valence-corrected chi connectivity index (χ4v) is 4.77. The van der Waals surface area contributed by atoms with Gasteiger partial charge in [-0.05, 0) is 49.9 Å². The van der Waals surface area contributed by atoms with E-state index in [2.05, 4.69) is 31.0 Å². The Morgan fingerprint density at radius 2 is 1.85 bits per heavy atom. The van der Waals surface area contributed by atoms with Crippen molar-refractivity contribution in [3.8, 4) is 0 Å². The summed E-state index contributed by atoms with van der Waals surface area (Å²) < 4.78 is 0. The van der Waals surface area contributed by atoms with Crippen LogP contribution >= 0.6 is 0 Å². The Kier molecular flexibility index (Phi) is 4.72. The van der Waals surface area contributed by atoms with Gasteiger partial charge in [0.15, 0.2) is 0 Å². The molecule has 0 aromatic rings. The molecule has 0 radical (unpaired) electrons. The topological polar surface area (TPSA) is 15.3 Å². The maximum atomic E-state index is 3.85. The highest BCUT2D eigenvalue weighted by atomic mass is 15.3. The van der Waals surface area contributed by atoms with Crippen LogP contribution in [-0.2, 0) is 0 Å². The largest absolute Gasteiger partial charge is 0.311 e. The normalized spacial score (nSPS) is 40.2. The van der Waals surface area contributed by atoms with E-state index in [0.717, 1.165) is 35.9 Å². The quantitative estimate of drug-likeness (QED) is 0.844. The van der Waals surface area contributed by atoms with Crippen molar-refractivity contribution in [2.24, 2.45) is 17.8 Å². The van der Waals surface area contributed by atoms with Crippen LogP contribution in [0.4, 0.5) is 0 Å². The molecule has 3 rings (SSSR count). The van der Waals surface area contributed by atoms with Crippen molar-refractivity contribution < 1.29 is 0 Å². The van der Waals surface area contributed by atoms with Gasteiger partial charge >= 0.3 is 0 Å². The van der Waals surface area contributed by atoms with Gasteiger partial charge in [-0.3, -0.25) is 4.90 Å². The molecule has 2 saturated carbocycles. The summed E-state index contributed by atoms with van der Waals surface area (Å²) >= 11 is 0. The van der Waals surface area contributed by atoms with Gasteiger partial charge in [-0.25, -0.2) is 0 Å². The zero-order valence-electron chi connectivity index (χ0n) is 13.8. The summed E-state index contributed by atoms with van der Waals surface area (Å²) in [6.07, 6.45) is 10.1. The van der Waals surface area contributed by atoms with Crippen molar-refractivity contribution in [3.05, 3.63) is 0 Å². The lowest BCUT2D eigenvalue weighted by Crippen LogP contribution is -2.62. The maximum absolute atomic E-state index is 3.85. The van der Waals surface area contributed by atoms with Crippen LogP contribution in [0.25, 0.3) is 0 Å². The second-order valence-electron chi connectivity index (χ2n) is 7.87. The zero-order chi connectivity index (χ0) is 14.1. The minimum atomic E-state index is 0.786. The number of rotatable bonds is 4.